The Labute approximate surface area is 189 Å². The Balaban J connectivity index is 1.72. The number of hydrogen-bond acceptors (Lipinski definition) is 7. The second kappa shape index (κ2) is 9.23. The van der Waals surface area contributed by atoms with Crippen LogP contribution in [0.4, 0.5) is 0 Å². The van der Waals surface area contributed by atoms with E-state index in [-0.39, 0.29) is 17.1 Å². The van der Waals surface area contributed by atoms with E-state index < -0.39 is 0 Å². The van der Waals surface area contributed by atoms with Crippen molar-refractivity contribution in [3.05, 3.63) is 82.3 Å². The lowest BCUT2D eigenvalue weighted by atomic mass is 10.1. The number of carbonyl (C=O) groups excluding carboxylic acids is 1. The SMILES string of the molecule is COc1ccc(C(=O)CSc2nc3ccccc3c(=O)n2-c2cc(C)ccn2)cc1OC. The summed E-state index contributed by atoms with van der Waals surface area (Å²) < 4.78 is 12.0. The van der Waals surface area contributed by atoms with Gasteiger partial charge in [-0.15, -0.1) is 0 Å². The molecule has 0 unspecified atom stereocenters. The van der Waals surface area contributed by atoms with Crippen LogP contribution in [-0.4, -0.2) is 40.3 Å². The zero-order chi connectivity index (χ0) is 22.7. The Morgan fingerprint density at radius 2 is 1.81 bits per heavy atom. The topological polar surface area (TPSA) is 83.3 Å². The third kappa shape index (κ3) is 4.22. The fourth-order valence-electron chi connectivity index (χ4n) is 3.28. The highest BCUT2D eigenvalue weighted by Gasteiger charge is 2.17. The quantitative estimate of drug-likeness (QED) is 0.240. The third-order valence-corrected chi connectivity index (χ3v) is 5.85. The van der Waals surface area contributed by atoms with Crippen LogP contribution >= 0.6 is 11.8 Å². The fraction of sp³-hybridized carbons (Fsp3) is 0.167. The number of ketones is 1. The molecule has 0 aliphatic carbocycles. The summed E-state index contributed by atoms with van der Waals surface area (Å²) in [4.78, 5) is 35.2. The minimum Gasteiger partial charge on any atom is -0.493 e. The van der Waals surface area contributed by atoms with Gasteiger partial charge in [-0.1, -0.05) is 23.9 Å². The second-order valence-electron chi connectivity index (χ2n) is 7.03. The zero-order valence-electron chi connectivity index (χ0n) is 17.9. The molecule has 0 amide bonds. The lowest BCUT2D eigenvalue weighted by Gasteiger charge is -2.13. The molecule has 0 atom stereocenters. The van der Waals surface area contributed by atoms with Gasteiger partial charge < -0.3 is 9.47 Å². The number of carbonyl (C=O) groups is 1. The molecule has 0 spiro atoms. The predicted octanol–water partition coefficient (Wildman–Crippen LogP) is 4.08. The normalized spacial score (nSPS) is 10.8. The summed E-state index contributed by atoms with van der Waals surface area (Å²) in [5.74, 6) is 1.46. The van der Waals surface area contributed by atoms with E-state index in [1.54, 1.807) is 49.7 Å². The first-order chi connectivity index (χ1) is 15.5. The molecular weight excluding hydrogens is 426 g/mol. The predicted molar refractivity (Wildman–Crippen MR) is 124 cm³/mol. The molecule has 0 N–H and O–H groups in total. The molecule has 8 heteroatoms. The Bertz CT molecular complexity index is 1370. The molecular formula is C24H21N3O4S. The van der Waals surface area contributed by atoms with Crippen LogP contribution in [0.3, 0.4) is 0 Å². The van der Waals surface area contributed by atoms with Crippen molar-refractivity contribution in [1.29, 1.82) is 0 Å². The number of pyridine rings is 1. The van der Waals surface area contributed by atoms with Gasteiger partial charge in [0, 0.05) is 11.8 Å². The first kappa shape index (κ1) is 21.6. The minimum absolute atomic E-state index is 0.0894. The smallest absolute Gasteiger partial charge is 0.267 e. The van der Waals surface area contributed by atoms with Gasteiger partial charge in [-0.25, -0.2) is 14.5 Å². The van der Waals surface area contributed by atoms with E-state index in [0.717, 1.165) is 5.56 Å². The van der Waals surface area contributed by atoms with E-state index in [1.165, 1.54) is 23.4 Å². The number of nitrogens with zero attached hydrogens (tertiary/aromatic N) is 3. The minimum atomic E-state index is -0.227. The molecule has 0 saturated heterocycles. The molecule has 0 aliphatic rings. The Morgan fingerprint density at radius 1 is 1.03 bits per heavy atom. The van der Waals surface area contributed by atoms with Gasteiger partial charge in [-0.05, 0) is 55.0 Å². The second-order valence-corrected chi connectivity index (χ2v) is 7.97. The first-order valence-corrected chi connectivity index (χ1v) is 10.8. The van der Waals surface area contributed by atoms with Crippen LogP contribution in [0.1, 0.15) is 15.9 Å². The van der Waals surface area contributed by atoms with Gasteiger partial charge in [0.1, 0.15) is 5.82 Å². The number of aryl methyl sites for hydroxylation is 1. The van der Waals surface area contributed by atoms with Gasteiger partial charge in [0.15, 0.2) is 22.4 Å². The molecule has 0 radical (unpaired) electrons. The van der Waals surface area contributed by atoms with Gasteiger partial charge in [-0.2, -0.15) is 0 Å². The summed E-state index contributed by atoms with van der Waals surface area (Å²) in [6.45, 7) is 1.93. The molecule has 0 bridgehead atoms. The van der Waals surface area contributed by atoms with Crippen molar-refractivity contribution in [1.82, 2.24) is 14.5 Å². The van der Waals surface area contributed by atoms with E-state index >= 15 is 0 Å². The summed E-state index contributed by atoms with van der Waals surface area (Å²) in [5, 5.41) is 0.895. The fourth-order valence-corrected chi connectivity index (χ4v) is 4.17. The van der Waals surface area contributed by atoms with Gasteiger partial charge in [-0.3, -0.25) is 9.59 Å². The van der Waals surface area contributed by atoms with E-state index in [0.29, 0.717) is 38.9 Å². The van der Waals surface area contributed by atoms with Crippen LogP contribution in [-0.2, 0) is 0 Å². The number of fused-ring (bicyclic) bond motifs is 1. The monoisotopic (exact) mass is 447 g/mol. The number of methoxy groups -OCH3 is 2. The molecule has 7 nitrogen and oxygen atoms in total. The van der Waals surface area contributed by atoms with Gasteiger partial charge in [0.05, 0.1) is 30.9 Å². The van der Waals surface area contributed by atoms with Gasteiger partial charge in [0.25, 0.3) is 5.56 Å². The summed E-state index contributed by atoms with van der Waals surface area (Å²) in [7, 11) is 3.06. The van der Waals surface area contributed by atoms with Gasteiger partial charge in [0.2, 0.25) is 0 Å². The van der Waals surface area contributed by atoms with Crippen LogP contribution in [0.5, 0.6) is 11.5 Å². The number of ether oxygens (including phenoxy) is 2. The Hall–Kier alpha value is -3.65. The maximum atomic E-state index is 13.3. The molecule has 4 aromatic rings. The number of para-hydroxylation sites is 1. The Morgan fingerprint density at radius 3 is 2.56 bits per heavy atom. The van der Waals surface area contributed by atoms with Crippen molar-refractivity contribution in [2.75, 3.05) is 20.0 Å². The van der Waals surface area contributed by atoms with Crippen LogP contribution in [0.25, 0.3) is 16.7 Å². The standard InChI is InChI=1S/C24H21N3O4S/c1-15-10-11-25-22(12-15)27-23(29)17-6-4-5-7-18(17)26-24(27)32-14-19(28)16-8-9-20(30-2)21(13-16)31-3/h4-13H,14H2,1-3H3. The summed E-state index contributed by atoms with van der Waals surface area (Å²) in [6, 6.07) is 15.8. The lowest BCUT2D eigenvalue weighted by Crippen LogP contribution is -2.23. The van der Waals surface area contributed by atoms with Crippen molar-refractivity contribution in [2.24, 2.45) is 0 Å². The number of Topliss-reactive ketones (excluding diaryl/α,β-unsaturated/α-hetero) is 1. The summed E-state index contributed by atoms with van der Waals surface area (Å²) in [5.41, 5.74) is 1.79. The van der Waals surface area contributed by atoms with Gasteiger partial charge >= 0.3 is 0 Å². The maximum Gasteiger partial charge on any atom is 0.267 e. The molecule has 0 saturated carbocycles. The number of hydrogen-bond donors (Lipinski definition) is 0. The number of aromatic nitrogens is 3. The average Bonchev–Trinajstić information content (AvgIpc) is 2.82. The maximum absolute atomic E-state index is 13.3. The number of thioether (sulfide) groups is 1. The molecule has 2 aromatic carbocycles. The number of benzene rings is 2. The highest BCUT2D eigenvalue weighted by atomic mass is 32.2. The highest BCUT2D eigenvalue weighted by molar-refractivity contribution is 7.99. The first-order valence-electron chi connectivity index (χ1n) is 9.84. The Kier molecular flexibility index (Phi) is 6.23. The molecule has 162 valence electrons. The van der Waals surface area contributed by atoms with E-state index in [4.69, 9.17) is 9.47 Å². The van der Waals surface area contributed by atoms with E-state index in [9.17, 15) is 9.59 Å². The summed E-state index contributed by atoms with van der Waals surface area (Å²) in [6.07, 6.45) is 1.65. The molecule has 32 heavy (non-hydrogen) atoms. The molecule has 0 aliphatic heterocycles. The van der Waals surface area contributed by atoms with Crippen LogP contribution in [0, 0.1) is 6.92 Å². The lowest BCUT2D eigenvalue weighted by molar-refractivity contribution is 0.102. The van der Waals surface area contributed by atoms with Crippen LogP contribution in [0.2, 0.25) is 0 Å². The third-order valence-electron chi connectivity index (χ3n) is 4.91. The van der Waals surface area contributed by atoms with Crippen molar-refractivity contribution in [3.8, 4) is 17.3 Å². The van der Waals surface area contributed by atoms with Crippen molar-refractivity contribution < 1.29 is 14.3 Å². The van der Waals surface area contributed by atoms with Crippen LogP contribution < -0.4 is 15.0 Å². The summed E-state index contributed by atoms with van der Waals surface area (Å²) >= 11 is 1.19. The van der Waals surface area contributed by atoms with E-state index in [1.807, 2.05) is 25.1 Å². The largest absolute Gasteiger partial charge is 0.493 e. The zero-order valence-corrected chi connectivity index (χ0v) is 18.7. The highest BCUT2D eigenvalue weighted by Crippen LogP contribution is 2.29. The molecule has 0 fully saturated rings. The van der Waals surface area contributed by atoms with Crippen molar-refractivity contribution >= 4 is 28.4 Å². The molecule has 4 rings (SSSR count). The molecule has 2 aromatic heterocycles. The number of rotatable bonds is 7. The van der Waals surface area contributed by atoms with Crippen molar-refractivity contribution in [2.45, 2.75) is 12.1 Å². The average molecular weight is 448 g/mol. The van der Waals surface area contributed by atoms with Crippen LogP contribution in [0.15, 0.2) is 70.7 Å². The van der Waals surface area contributed by atoms with Crippen molar-refractivity contribution in [3.63, 3.8) is 0 Å². The van der Waals surface area contributed by atoms with E-state index in [2.05, 4.69) is 9.97 Å². The molecule has 2 heterocycles.